The number of halogens is 1. The topological polar surface area (TPSA) is 49.3 Å². The average molecular weight is 328 g/mol. The number of rotatable bonds is 5. The van der Waals surface area contributed by atoms with Crippen LogP contribution in [0.5, 0.6) is 0 Å². The predicted octanol–water partition coefficient (Wildman–Crippen LogP) is 4.20. The van der Waals surface area contributed by atoms with Crippen LogP contribution in [0.25, 0.3) is 0 Å². The van der Waals surface area contributed by atoms with E-state index in [1.54, 1.807) is 11.8 Å². The van der Waals surface area contributed by atoms with E-state index < -0.39 is 11.5 Å². The third-order valence-corrected chi connectivity index (χ3v) is 5.28. The van der Waals surface area contributed by atoms with E-state index in [0.29, 0.717) is 18.1 Å². The van der Waals surface area contributed by atoms with Crippen molar-refractivity contribution in [3.8, 4) is 0 Å². The highest BCUT2D eigenvalue weighted by molar-refractivity contribution is 8.00. The highest BCUT2D eigenvalue weighted by atomic mass is 35.5. The van der Waals surface area contributed by atoms with Crippen molar-refractivity contribution in [2.24, 2.45) is 0 Å². The van der Waals surface area contributed by atoms with Crippen LogP contribution in [0, 0.1) is 0 Å². The zero-order valence-corrected chi connectivity index (χ0v) is 14.0. The van der Waals surface area contributed by atoms with Gasteiger partial charge in [0.15, 0.2) is 0 Å². The summed E-state index contributed by atoms with van der Waals surface area (Å²) >= 11 is 7.76. The molecule has 0 spiro atoms. The van der Waals surface area contributed by atoms with Gasteiger partial charge in [-0.2, -0.15) is 0 Å². The monoisotopic (exact) mass is 327 g/mol. The highest BCUT2D eigenvalue weighted by Crippen LogP contribution is 2.39. The fraction of sp³-hybridized carbons (Fsp3) is 0.562. The van der Waals surface area contributed by atoms with Gasteiger partial charge >= 0.3 is 5.97 Å². The Kier molecular flexibility index (Phi) is 5.58. The lowest BCUT2D eigenvalue weighted by molar-refractivity contribution is -0.146. The molecule has 21 heavy (non-hydrogen) atoms. The lowest BCUT2D eigenvalue weighted by Crippen LogP contribution is -2.57. The van der Waals surface area contributed by atoms with Gasteiger partial charge < -0.3 is 5.11 Å². The lowest BCUT2D eigenvalue weighted by atomic mass is 9.81. The van der Waals surface area contributed by atoms with E-state index in [1.807, 2.05) is 38.1 Å². The number of hydrogen-bond acceptors (Lipinski definition) is 3. The molecule has 3 nitrogen and oxygen atoms in total. The van der Waals surface area contributed by atoms with Crippen LogP contribution < -0.4 is 5.32 Å². The van der Waals surface area contributed by atoms with E-state index in [9.17, 15) is 9.90 Å². The molecule has 0 bridgehead atoms. The second-order valence-corrected chi connectivity index (χ2v) is 7.79. The molecule has 1 aliphatic rings. The molecule has 0 amide bonds. The zero-order chi connectivity index (χ0) is 15.5. The first-order chi connectivity index (χ1) is 9.91. The highest BCUT2D eigenvalue weighted by Gasteiger charge is 2.43. The lowest BCUT2D eigenvalue weighted by Gasteiger charge is -2.39. The summed E-state index contributed by atoms with van der Waals surface area (Å²) in [6, 6.07) is 7.93. The molecule has 2 N–H and O–H groups in total. The summed E-state index contributed by atoms with van der Waals surface area (Å²) in [6.45, 7) is 4.00. The van der Waals surface area contributed by atoms with Crippen molar-refractivity contribution in [1.29, 1.82) is 0 Å². The number of carboxylic acid groups (broad SMARTS) is 1. The maximum Gasteiger partial charge on any atom is 0.323 e. The Hall–Kier alpha value is -0.710. The van der Waals surface area contributed by atoms with Crippen LogP contribution in [0.3, 0.4) is 0 Å². The zero-order valence-electron chi connectivity index (χ0n) is 12.4. The van der Waals surface area contributed by atoms with Gasteiger partial charge in [0.05, 0.1) is 0 Å². The van der Waals surface area contributed by atoms with Gasteiger partial charge in [0.2, 0.25) is 0 Å². The van der Waals surface area contributed by atoms with E-state index in [0.717, 1.165) is 22.8 Å². The van der Waals surface area contributed by atoms with Gasteiger partial charge in [-0.15, -0.1) is 11.8 Å². The van der Waals surface area contributed by atoms with Crippen LogP contribution in [0.1, 0.15) is 39.5 Å². The molecular weight excluding hydrogens is 306 g/mol. The SMILES string of the molecule is CC(C)NC1(C(=O)O)CCCC(Sc2cccc(Cl)c2)C1. The fourth-order valence-corrected chi connectivity index (χ4v) is 4.64. The minimum absolute atomic E-state index is 0.163. The van der Waals surface area contributed by atoms with Crippen LogP contribution in [0.2, 0.25) is 5.02 Å². The molecule has 2 atom stereocenters. The molecule has 1 fully saturated rings. The van der Waals surface area contributed by atoms with Gasteiger partial charge in [-0.05, 0) is 57.7 Å². The maximum atomic E-state index is 11.8. The summed E-state index contributed by atoms with van der Waals surface area (Å²) in [4.78, 5) is 12.9. The first-order valence-electron chi connectivity index (χ1n) is 7.34. The number of benzene rings is 1. The smallest absolute Gasteiger partial charge is 0.323 e. The van der Waals surface area contributed by atoms with Gasteiger partial charge in [-0.3, -0.25) is 10.1 Å². The molecule has 5 heteroatoms. The number of hydrogen-bond donors (Lipinski definition) is 2. The molecule has 2 rings (SSSR count). The Morgan fingerprint density at radius 3 is 2.90 bits per heavy atom. The van der Waals surface area contributed by atoms with Crippen molar-refractivity contribution in [2.75, 3.05) is 0 Å². The number of thioether (sulfide) groups is 1. The van der Waals surface area contributed by atoms with Gasteiger partial charge in [0, 0.05) is 21.2 Å². The van der Waals surface area contributed by atoms with Crippen LogP contribution in [-0.2, 0) is 4.79 Å². The first kappa shape index (κ1) is 16.7. The molecule has 0 aliphatic heterocycles. The molecule has 2 unspecified atom stereocenters. The Balaban J connectivity index is 2.10. The molecule has 1 aliphatic carbocycles. The number of carbonyl (C=O) groups is 1. The van der Waals surface area contributed by atoms with Crippen molar-refractivity contribution >= 4 is 29.3 Å². The Bertz CT molecular complexity index is 509. The summed E-state index contributed by atoms with van der Waals surface area (Å²) in [5.74, 6) is -0.729. The first-order valence-corrected chi connectivity index (χ1v) is 8.60. The van der Waals surface area contributed by atoms with Crippen LogP contribution in [-0.4, -0.2) is 27.9 Å². The molecule has 1 aromatic carbocycles. The van der Waals surface area contributed by atoms with Crippen molar-refractivity contribution in [3.05, 3.63) is 29.3 Å². The number of nitrogens with one attached hydrogen (secondary N) is 1. The molecular formula is C16H22ClNO2S. The van der Waals surface area contributed by atoms with Crippen LogP contribution >= 0.6 is 23.4 Å². The quantitative estimate of drug-likeness (QED) is 0.851. The Morgan fingerprint density at radius 1 is 1.52 bits per heavy atom. The van der Waals surface area contributed by atoms with Gasteiger partial charge in [0.25, 0.3) is 0 Å². The minimum Gasteiger partial charge on any atom is -0.480 e. The fourth-order valence-electron chi connectivity index (χ4n) is 3.00. The average Bonchev–Trinajstić information content (AvgIpc) is 2.38. The molecule has 0 radical (unpaired) electrons. The minimum atomic E-state index is -0.789. The summed E-state index contributed by atoms with van der Waals surface area (Å²) < 4.78 is 0. The third-order valence-electron chi connectivity index (χ3n) is 3.78. The number of carboxylic acids is 1. The van der Waals surface area contributed by atoms with Crippen LogP contribution in [0.4, 0.5) is 0 Å². The standard InChI is InChI=1S/C16H22ClNO2S/c1-11(2)18-16(15(19)20)8-4-7-14(10-16)21-13-6-3-5-12(17)9-13/h3,5-6,9,11,14,18H,4,7-8,10H2,1-2H3,(H,19,20). The van der Waals surface area contributed by atoms with E-state index in [4.69, 9.17) is 11.6 Å². The van der Waals surface area contributed by atoms with Gasteiger partial charge in [-0.1, -0.05) is 17.7 Å². The van der Waals surface area contributed by atoms with Gasteiger partial charge in [-0.25, -0.2) is 0 Å². The van der Waals surface area contributed by atoms with Crippen molar-refractivity contribution < 1.29 is 9.90 Å². The second-order valence-electron chi connectivity index (χ2n) is 5.98. The molecule has 116 valence electrons. The summed E-state index contributed by atoms with van der Waals surface area (Å²) in [6.07, 6.45) is 3.33. The maximum absolute atomic E-state index is 11.8. The normalized spacial score (nSPS) is 26.0. The predicted molar refractivity (Wildman–Crippen MR) is 88.2 cm³/mol. The summed E-state index contributed by atoms with van der Waals surface area (Å²) in [7, 11) is 0. The molecule has 0 heterocycles. The second kappa shape index (κ2) is 7.03. The van der Waals surface area contributed by atoms with Gasteiger partial charge in [0.1, 0.15) is 5.54 Å². The number of aliphatic carboxylic acids is 1. The third kappa shape index (κ3) is 4.38. The molecule has 1 saturated carbocycles. The molecule has 0 saturated heterocycles. The summed E-state index contributed by atoms with van der Waals surface area (Å²) in [5, 5.41) is 14.0. The Morgan fingerprint density at radius 2 is 2.29 bits per heavy atom. The largest absolute Gasteiger partial charge is 0.480 e. The van der Waals surface area contributed by atoms with Crippen molar-refractivity contribution in [1.82, 2.24) is 5.32 Å². The summed E-state index contributed by atoms with van der Waals surface area (Å²) in [5.41, 5.74) is -0.789. The van der Waals surface area contributed by atoms with E-state index >= 15 is 0 Å². The van der Waals surface area contributed by atoms with E-state index in [1.165, 1.54) is 0 Å². The van der Waals surface area contributed by atoms with E-state index in [2.05, 4.69) is 5.32 Å². The van der Waals surface area contributed by atoms with Crippen molar-refractivity contribution in [3.63, 3.8) is 0 Å². The Labute approximate surface area is 135 Å². The van der Waals surface area contributed by atoms with Crippen LogP contribution in [0.15, 0.2) is 29.2 Å². The molecule has 0 aromatic heterocycles. The van der Waals surface area contributed by atoms with E-state index in [-0.39, 0.29) is 6.04 Å². The molecule has 1 aromatic rings. The van der Waals surface area contributed by atoms with Crippen molar-refractivity contribution in [2.45, 2.75) is 61.3 Å².